The molecule has 0 bridgehead atoms. The van der Waals surface area contributed by atoms with Gasteiger partial charge in [-0.1, -0.05) is 36.4 Å². The number of ketones is 1. The molecule has 0 radical (unpaired) electrons. The molecular weight excluding hydrogens is 360 g/mol. The van der Waals surface area contributed by atoms with Crippen LogP contribution in [-0.4, -0.2) is 24.6 Å². The van der Waals surface area contributed by atoms with Gasteiger partial charge in [0.2, 0.25) is 0 Å². The van der Waals surface area contributed by atoms with Crippen LogP contribution in [0.3, 0.4) is 0 Å². The Balaban J connectivity index is 2.06. The highest BCUT2D eigenvalue weighted by atomic mass is 32.1. The Morgan fingerprint density at radius 3 is 2.56 bits per heavy atom. The first-order chi connectivity index (χ1) is 13.0. The lowest BCUT2D eigenvalue weighted by atomic mass is 9.89. The molecule has 27 heavy (non-hydrogen) atoms. The topological polar surface area (TPSA) is 59.6 Å². The lowest BCUT2D eigenvalue weighted by molar-refractivity contribution is 0.102. The minimum atomic E-state index is -0.378. The summed E-state index contributed by atoms with van der Waals surface area (Å²) in [6, 6.07) is 14.5. The van der Waals surface area contributed by atoms with Crippen molar-refractivity contribution in [3.8, 4) is 11.5 Å². The molecule has 1 atom stereocenters. The second-order valence-electron chi connectivity index (χ2n) is 6.11. The van der Waals surface area contributed by atoms with Crippen molar-refractivity contribution in [1.29, 1.82) is 0 Å². The van der Waals surface area contributed by atoms with Crippen LogP contribution in [-0.2, 0) is 0 Å². The molecule has 0 spiro atoms. The number of carbonyl (C=O) groups is 1. The third-order valence-electron chi connectivity index (χ3n) is 4.37. The SMILES string of the molecule is CCOc1cc(C2NC(=S)NC(C)=C2C(=O)c2ccccc2)ccc1OC. The highest BCUT2D eigenvalue weighted by Gasteiger charge is 2.30. The molecule has 1 aliphatic rings. The number of rotatable bonds is 6. The van der Waals surface area contributed by atoms with E-state index in [0.717, 1.165) is 11.3 Å². The Kier molecular flexibility index (Phi) is 5.76. The van der Waals surface area contributed by atoms with Gasteiger partial charge in [0.1, 0.15) is 0 Å². The molecule has 0 aromatic heterocycles. The third-order valence-corrected chi connectivity index (χ3v) is 4.59. The number of hydrogen-bond donors (Lipinski definition) is 2. The van der Waals surface area contributed by atoms with Crippen LogP contribution in [0.2, 0.25) is 0 Å². The zero-order valence-electron chi connectivity index (χ0n) is 15.5. The Hall–Kier alpha value is -2.86. The van der Waals surface area contributed by atoms with E-state index in [9.17, 15) is 4.79 Å². The number of thiocarbonyl (C=S) groups is 1. The molecule has 1 heterocycles. The molecule has 0 aliphatic carbocycles. The normalized spacial score (nSPS) is 16.4. The van der Waals surface area contributed by atoms with Crippen LogP contribution >= 0.6 is 12.2 Å². The fourth-order valence-corrected chi connectivity index (χ4v) is 3.40. The fraction of sp³-hybridized carbons (Fsp3) is 0.238. The van der Waals surface area contributed by atoms with Crippen LogP contribution in [0.5, 0.6) is 11.5 Å². The highest BCUT2D eigenvalue weighted by Crippen LogP contribution is 2.35. The Bertz CT molecular complexity index is 894. The zero-order valence-corrected chi connectivity index (χ0v) is 16.4. The summed E-state index contributed by atoms with van der Waals surface area (Å²) in [6.07, 6.45) is 0. The van der Waals surface area contributed by atoms with Gasteiger partial charge in [-0.25, -0.2) is 0 Å². The fourth-order valence-electron chi connectivity index (χ4n) is 3.13. The standard InChI is InChI=1S/C21H22N2O3S/c1-4-26-17-12-15(10-11-16(17)25-3)19-18(13(2)22-21(27)23-19)20(24)14-8-6-5-7-9-14/h5-12,19H,4H2,1-3H3,(H2,22,23,27). The molecular formula is C21H22N2O3S. The molecule has 2 N–H and O–H groups in total. The summed E-state index contributed by atoms with van der Waals surface area (Å²) < 4.78 is 11.1. The lowest BCUT2D eigenvalue weighted by Crippen LogP contribution is -2.44. The van der Waals surface area contributed by atoms with E-state index in [0.29, 0.717) is 34.4 Å². The summed E-state index contributed by atoms with van der Waals surface area (Å²) in [5, 5.41) is 6.76. The van der Waals surface area contributed by atoms with Crippen molar-refractivity contribution >= 4 is 23.1 Å². The number of allylic oxidation sites excluding steroid dienone is 1. The van der Waals surface area contributed by atoms with Gasteiger partial charge in [-0.3, -0.25) is 4.79 Å². The van der Waals surface area contributed by atoms with Crippen molar-refractivity contribution in [2.24, 2.45) is 0 Å². The Labute approximate surface area is 164 Å². The number of ether oxygens (including phenoxy) is 2. The van der Waals surface area contributed by atoms with Crippen LogP contribution in [0.4, 0.5) is 0 Å². The molecule has 140 valence electrons. The maximum atomic E-state index is 13.2. The molecule has 2 aromatic carbocycles. The van der Waals surface area contributed by atoms with Crippen molar-refractivity contribution in [2.45, 2.75) is 19.9 Å². The number of benzene rings is 2. The monoisotopic (exact) mass is 382 g/mol. The number of methoxy groups -OCH3 is 1. The summed E-state index contributed by atoms with van der Waals surface area (Å²) >= 11 is 5.33. The van der Waals surface area contributed by atoms with E-state index >= 15 is 0 Å². The van der Waals surface area contributed by atoms with E-state index in [2.05, 4.69) is 10.6 Å². The zero-order chi connectivity index (χ0) is 19.4. The molecule has 6 heteroatoms. The maximum absolute atomic E-state index is 13.2. The predicted molar refractivity (Wildman–Crippen MR) is 109 cm³/mol. The summed E-state index contributed by atoms with van der Waals surface area (Å²) in [5.41, 5.74) is 2.88. The van der Waals surface area contributed by atoms with Crippen molar-refractivity contribution in [1.82, 2.24) is 10.6 Å². The number of Topliss-reactive ketones (excluding diaryl/α,β-unsaturated/α-hetero) is 1. The van der Waals surface area contributed by atoms with Crippen molar-refractivity contribution in [2.75, 3.05) is 13.7 Å². The van der Waals surface area contributed by atoms with E-state index in [1.807, 2.05) is 62.4 Å². The first kappa shape index (κ1) is 18.9. The number of nitrogens with one attached hydrogen (secondary N) is 2. The third kappa shape index (κ3) is 3.95. The summed E-state index contributed by atoms with van der Waals surface area (Å²) in [7, 11) is 1.60. The molecule has 0 saturated heterocycles. The van der Waals surface area contributed by atoms with E-state index in [1.165, 1.54) is 0 Å². The average molecular weight is 382 g/mol. The van der Waals surface area contributed by atoms with E-state index in [1.54, 1.807) is 7.11 Å². The van der Waals surface area contributed by atoms with Crippen LogP contribution in [0.1, 0.15) is 35.8 Å². The first-order valence-corrected chi connectivity index (χ1v) is 9.14. The summed E-state index contributed by atoms with van der Waals surface area (Å²) in [6.45, 7) is 4.30. The van der Waals surface area contributed by atoms with Gasteiger partial charge in [0, 0.05) is 16.8 Å². The quantitative estimate of drug-likeness (QED) is 0.586. The van der Waals surface area contributed by atoms with Crippen LogP contribution in [0.15, 0.2) is 59.8 Å². The maximum Gasteiger partial charge on any atom is 0.193 e. The van der Waals surface area contributed by atoms with Gasteiger partial charge in [0.25, 0.3) is 0 Å². The first-order valence-electron chi connectivity index (χ1n) is 8.74. The second-order valence-corrected chi connectivity index (χ2v) is 6.52. The molecule has 1 aliphatic heterocycles. The molecule has 1 unspecified atom stereocenters. The minimum Gasteiger partial charge on any atom is -0.493 e. The molecule has 3 rings (SSSR count). The van der Waals surface area contributed by atoms with Gasteiger partial charge >= 0.3 is 0 Å². The van der Waals surface area contributed by atoms with Crippen molar-refractivity contribution in [3.05, 3.63) is 70.9 Å². The summed E-state index contributed by atoms with van der Waals surface area (Å²) in [5.74, 6) is 1.23. The molecule has 0 amide bonds. The predicted octanol–water partition coefficient (Wildman–Crippen LogP) is 3.77. The van der Waals surface area contributed by atoms with Crippen LogP contribution < -0.4 is 20.1 Å². The van der Waals surface area contributed by atoms with Crippen LogP contribution in [0.25, 0.3) is 0 Å². The Morgan fingerprint density at radius 1 is 1.15 bits per heavy atom. The van der Waals surface area contributed by atoms with Gasteiger partial charge in [0.05, 0.1) is 19.8 Å². The second kappa shape index (κ2) is 8.22. The molecule has 0 fully saturated rings. The smallest absolute Gasteiger partial charge is 0.193 e. The molecule has 0 saturated carbocycles. The average Bonchev–Trinajstić information content (AvgIpc) is 2.68. The van der Waals surface area contributed by atoms with Crippen molar-refractivity contribution < 1.29 is 14.3 Å². The Morgan fingerprint density at radius 2 is 1.89 bits per heavy atom. The van der Waals surface area contributed by atoms with E-state index in [-0.39, 0.29) is 11.8 Å². The van der Waals surface area contributed by atoms with Gasteiger partial charge in [0.15, 0.2) is 22.4 Å². The van der Waals surface area contributed by atoms with E-state index in [4.69, 9.17) is 21.7 Å². The lowest BCUT2D eigenvalue weighted by Gasteiger charge is -2.30. The minimum absolute atomic E-state index is 0.0469. The molecule has 2 aromatic rings. The number of hydrogen-bond acceptors (Lipinski definition) is 4. The highest BCUT2D eigenvalue weighted by molar-refractivity contribution is 7.80. The van der Waals surface area contributed by atoms with Gasteiger partial charge in [-0.05, 0) is 43.8 Å². The van der Waals surface area contributed by atoms with Crippen LogP contribution in [0, 0.1) is 0 Å². The van der Waals surface area contributed by atoms with Gasteiger partial charge in [-0.15, -0.1) is 0 Å². The van der Waals surface area contributed by atoms with Crippen molar-refractivity contribution in [3.63, 3.8) is 0 Å². The van der Waals surface area contributed by atoms with Gasteiger partial charge < -0.3 is 20.1 Å². The molecule has 5 nitrogen and oxygen atoms in total. The largest absolute Gasteiger partial charge is 0.493 e. The summed E-state index contributed by atoms with van der Waals surface area (Å²) in [4.78, 5) is 13.2. The number of carbonyl (C=O) groups excluding carboxylic acids is 1. The van der Waals surface area contributed by atoms with E-state index < -0.39 is 0 Å². The van der Waals surface area contributed by atoms with Gasteiger partial charge in [-0.2, -0.15) is 0 Å².